The zero-order valence-corrected chi connectivity index (χ0v) is 13.8. The molecule has 5 heteroatoms. The molecule has 0 aliphatic carbocycles. The first-order valence-corrected chi connectivity index (χ1v) is 8.64. The Morgan fingerprint density at radius 3 is 2.86 bits per heavy atom. The van der Waals surface area contributed by atoms with Gasteiger partial charge in [-0.15, -0.1) is 0 Å². The number of rotatable bonds is 6. The molecule has 1 aromatic carbocycles. The molecule has 0 saturated heterocycles. The Hall–Kier alpha value is -1.62. The van der Waals surface area contributed by atoms with Crippen LogP contribution in [0.25, 0.3) is 10.9 Å². The largest absolute Gasteiger partial charge is 0.361 e. The van der Waals surface area contributed by atoms with Crippen LogP contribution in [0.4, 0.5) is 0 Å². The molecule has 21 heavy (non-hydrogen) atoms. The molecule has 0 saturated carbocycles. The molecule has 3 N–H and O–H groups in total. The van der Waals surface area contributed by atoms with Gasteiger partial charge in [0, 0.05) is 43.0 Å². The molecule has 1 heterocycles. The number of nitrogens with one attached hydrogen (secondary N) is 3. The third-order valence-electron chi connectivity index (χ3n) is 3.50. The lowest BCUT2D eigenvalue weighted by Crippen LogP contribution is -2.39. The monoisotopic (exact) mass is 304 g/mol. The van der Waals surface area contributed by atoms with Gasteiger partial charge in [0.2, 0.25) is 0 Å². The van der Waals surface area contributed by atoms with Gasteiger partial charge >= 0.3 is 0 Å². The maximum atomic E-state index is 4.24. The van der Waals surface area contributed by atoms with Crippen LogP contribution < -0.4 is 10.6 Å². The van der Waals surface area contributed by atoms with Gasteiger partial charge in [-0.2, -0.15) is 11.8 Å². The van der Waals surface area contributed by atoms with Crippen molar-refractivity contribution >= 4 is 28.6 Å². The highest BCUT2D eigenvalue weighted by Gasteiger charge is 2.06. The number of aromatic nitrogens is 1. The molecule has 0 unspecified atom stereocenters. The summed E-state index contributed by atoms with van der Waals surface area (Å²) in [7, 11) is 1.81. The Kier molecular flexibility index (Phi) is 5.99. The van der Waals surface area contributed by atoms with Crippen molar-refractivity contribution in [2.24, 2.45) is 4.99 Å². The predicted molar refractivity (Wildman–Crippen MR) is 94.5 cm³/mol. The predicted octanol–water partition coefficient (Wildman–Crippen LogP) is 2.55. The summed E-state index contributed by atoms with van der Waals surface area (Å²) < 4.78 is 0. The SMILES string of the molecule is CN=C(NCCSC)NCCc1c[nH]c2cccc(C)c12. The van der Waals surface area contributed by atoms with Crippen LogP contribution in [0, 0.1) is 6.92 Å². The van der Waals surface area contributed by atoms with Gasteiger partial charge in [0.05, 0.1) is 0 Å². The molecule has 0 bridgehead atoms. The van der Waals surface area contributed by atoms with Crippen molar-refractivity contribution in [1.82, 2.24) is 15.6 Å². The fourth-order valence-corrected chi connectivity index (χ4v) is 2.76. The third kappa shape index (κ3) is 4.17. The van der Waals surface area contributed by atoms with Crippen LogP contribution in [0.2, 0.25) is 0 Å². The molecule has 0 amide bonds. The minimum Gasteiger partial charge on any atom is -0.361 e. The second-order valence-corrected chi connectivity index (χ2v) is 5.97. The molecule has 0 atom stereocenters. The van der Waals surface area contributed by atoms with Crippen molar-refractivity contribution in [1.29, 1.82) is 0 Å². The number of fused-ring (bicyclic) bond motifs is 1. The fourth-order valence-electron chi connectivity index (χ4n) is 2.46. The molecule has 1 aromatic heterocycles. The number of H-pyrrole nitrogens is 1. The topological polar surface area (TPSA) is 52.2 Å². The van der Waals surface area contributed by atoms with Crippen molar-refractivity contribution in [3.8, 4) is 0 Å². The molecule has 0 fully saturated rings. The minimum atomic E-state index is 0.875. The van der Waals surface area contributed by atoms with Crippen molar-refractivity contribution in [2.45, 2.75) is 13.3 Å². The van der Waals surface area contributed by atoms with E-state index < -0.39 is 0 Å². The number of nitrogens with zero attached hydrogens (tertiary/aromatic N) is 1. The maximum Gasteiger partial charge on any atom is 0.191 e. The number of hydrogen-bond donors (Lipinski definition) is 3. The van der Waals surface area contributed by atoms with Gasteiger partial charge in [-0.25, -0.2) is 0 Å². The van der Waals surface area contributed by atoms with E-state index >= 15 is 0 Å². The minimum absolute atomic E-state index is 0.875. The first-order valence-electron chi connectivity index (χ1n) is 7.25. The van der Waals surface area contributed by atoms with Crippen LogP contribution in [-0.2, 0) is 6.42 Å². The first-order chi connectivity index (χ1) is 10.3. The van der Waals surface area contributed by atoms with Crippen LogP contribution in [0.15, 0.2) is 29.4 Å². The quantitative estimate of drug-likeness (QED) is 0.437. The molecular formula is C16H24N4S. The van der Waals surface area contributed by atoms with Gasteiger partial charge in [0.15, 0.2) is 5.96 Å². The molecule has 0 aliphatic heterocycles. The Balaban J connectivity index is 1.90. The van der Waals surface area contributed by atoms with E-state index in [1.807, 2.05) is 18.8 Å². The second-order valence-electron chi connectivity index (χ2n) is 4.98. The Morgan fingerprint density at radius 1 is 1.29 bits per heavy atom. The molecule has 2 aromatic rings. The van der Waals surface area contributed by atoms with Crippen molar-refractivity contribution < 1.29 is 0 Å². The highest BCUT2D eigenvalue weighted by atomic mass is 32.2. The summed E-state index contributed by atoms with van der Waals surface area (Å²) in [5.41, 5.74) is 3.90. The molecule has 0 radical (unpaired) electrons. The summed E-state index contributed by atoms with van der Waals surface area (Å²) in [4.78, 5) is 7.58. The van der Waals surface area contributed by atoms with E-state index in [0.29, 0.717) is 0 Å². The number of guanidine groups is 1. The Morgan fingerprint density at radius 2 is 2.10 bits per heavy atom. The smallest absolute Gasteiger partial charge is 0.191 e. The Labute approximate surface area is 130 Å². The van der Waals surface area contributed by atoms with Crippen molar-refractivity contribution in [2.75, 3.05) is 32.1 Å². The number of aryl methyl sites for hydroxylation is 1. The molecule has 2 rings (SSSR count). The van der Waals surface area contributed by atoms with Crippen LogP contribution in [0.1, 0.15) is 11.1 Å². The van der Waals surface area contributed by atoms with Crippen LogP contribution >= 0.6 is 11.8 Å². The van der Waals surface area contributed by atoms with E-state index in [9.17, 15) is 0 Å². The number of aromatic amines is 1. The van der Waals surface area contributed by atoms with E-state index in [0.717, 1.165) is 31.2 Å². The number of hydrogen-bond acceptors (Lipinski definition) is 2. The summed E-state index contributed by atoms with van der Waals surface area (Å²) >= 11 is 1.83. The highest BCUT2D eigenvalue weighted by Crippen LogP contribution is 2.22. The molecule has 0 aliphatic rings. The summed E-state index contributed by atoms with van der Waals surface area (Å²) in [6, 6.07) is 6.38. The maximum absolute atomic E-state index is 4.24. The Bertz CT molecular complexity index is 603. The lowest BCUT2D eigenvalue weighted by atomic mass is 10.1. The number of benzene rings is 1. The van der Waals surface area contributed by atoms with E-state index in [-0.39, 0.29) is 0 Å². The lowest BCUT2D eigenvalue weighted by molar-refractivity contribution is 0.814. The van der Waals surface area contributed by atoms with Gasteiger partial charge < -0.3 is 15.6 Å². The summed E-state index contributed by atoms with van der Waals surface area (Å²) in [6.45, 7) is 3.98. The van der Waals surface area contributed by atoms with Crippen LogP contribution in [0.5, 0.6) is 0 Å². The number of thioether (sulfide) groups is 1. The van der Waals surface area contributed by atoms with Gasteiger partial charge in [0.1, 0.15) is 0 Å². The molecular weight excluding hydrogens is 280 g/mol. The van der Waals surface area contributed by atoms with Crippen LogP contribution in [0.3, 0.4) is 0 Å². The standard InChI is InChI=1S/C16H24N4S/c1-12-5-4-6-14-15(12)13(11-20-14)7-8-18-16(17-2)19-9-10-21-3/h4-6,11,20H,7-10H2,1-3H3,(H2,17,18,19). The zero-order chi connectivity index (χ0) is 15.1. The number of aliphatic imine (C=N–C) groups is 1. The van der Waals surface area contributed by atoms with E-state index in [4.69, 9.17) is 0 Å². The highest BCUT2D eigenvalue weighted by molar-refractivity contribution is 7.98. The van der Waals surface area contributed by atoms with Gasteiger partial charge in [-0.1, -0.05) is 12.1 Å². The summed E-state index contributed by atoms with van der Waals surface area (Å²) in [5, 5.41) is 8.03. The van der Waals surface area contributed by atoms with Crippen LogP contribution in [-0.4, -0.2) is 43.1 Å². The average Bonchev–Trinajstić information content (AvgIpc) is 2.90. The average molecular weight is 304 g/mol. The van der Waals surface area contributed by atoms with E-state index in [1.165, 1.54) is 22.0 Å². The van der Waals surface area contributed by atoms with Gasteiger partial charge in [-0.05, 0) is 36.8 Å². The normalized spacial score (nSPS) is 11.9. The molecule has 114 valence electrons. The van der Waals surface area contributed by atoms with E-state index in [2.05, 4.69) is 58.2 Å². The van der Waals surface area contributed by atoms with Crippen molar-refractivity contribution in [3.63, 3.8) is 0 Å². The second kappa shape index (κ2) is 7.98. The fraction of sp³-hybridized carbons (Fsp3) is 0.438. The third-order valence-corrected chi connectivity index (χ3v) is 4.12. The molecule has 0 spiro atoms. The van der Waals surface area contributed by atoms with Gasteiger partial charge in [0.25, 0.3) is 0 Å². The summed E-state index contributed by atoms with van der Waals surface area (Å²) in [6.07, 6.45) is 5.20. The van der Waals surface area contributed by atoms with Gasteiger partial charge in [-0.3, -0.25) is 4.99 Å². The summed E-state index contributed by atoms with van der Waals surface area (Å²) in [5.74, 6) is 1.96. The van der Waals surface area contributed by atoms with Crippen molar-refractivity contribution in [3.05, 3.63) is 35.5 Å². The molecule has 4 nitrogen and oxygen atoms in total. The first kappa shape index (κ1) is 15.8. The lowest BCUT2D eigenvalue weighted by Gasteiger charge is -2.11. The zero-order valence-electron chi connectivity index (χ0n) is 13.0. The van der Waals surface area contributed by atoms with E-state index in [1.54, 1.807) is 0 Å².